The highest BCUT2D eigenvalue weighted by Gasteiger charge is 2.16. The van der Waals surface area contributed by atoms with Crippen molar-refractivity contribution in [3.05, 3.63) is 42.0 Å². The lowest BCUT2D eigenvalue weighted by Crippen LogP contribution is -2.16. The Labute approximate surface area is 118 Å². The molecule has 0 saturated heterocycles. The van der Waals surface area contributed by atoms with Crippen LogP contribution < -0.4 is 16.6 Å². The van der Waals surface area contributed by atoms with E-state index in [-0.39, 0.29) is 12.0 Å². The average molecular weight is 272 g/mol. The molecule has 4 N–H and O–H groups in total. The maximum absolute atomic E-state index is 5.52. The van der Waals surface area contributed by atoms with Gasteiger partial charge in [0.05, 0.1) is 11.7 Å². The van der Waals surface area contributed by atoms with E-state index in [9.17, 15) is 0 Å². The Morgan fingerprint density at radius 2 is 1.80 bits per heavy atom. The molecule has 0 saturated carbocycles. The van der Waals surface area contributed by atoms with Crippen molar-refractivity contribution in [3.8, 4) is 0 Å². The van der Waals surface area contributed by atoms with Crippen molar-refractivity contribution in [1.29, 1.82) is 0 Å². The first kappa shape index (κ1) is 14.2. The van der Waals surface area contributed by atoms with Gasteiger partial charge in [-0.2, -0.15) is 0 Å². The van der Waals surface area contributed by atoms with Crippen molar-refractivity contribution in [2.24, 2.45) is 5.84 Å². The first-order chi connectivity index (χ1) is 9.63. The number of nitrogen functional groups attached to an aromatic ring is 1. The average Bonchev–Trinajstić information content (AvgIpc) is 2.47. The highest BCUT2D eigenvalue weighted by molar-refractivity contribution is 5.59. The maximum Gasteiger partial charge on any atom is 0.148 e. The molecule has 0 fully saturated rings. The van der Waals surface area contributed by atoms with Crippen LogP contribution in [0.2, 0.25) is 0 Å². The molecule has 0 radical (unpaired) electrons. The summed E-state index contributed by atoms with van der Waals surface area (Å²) in [5.41, 5.74) is 4.55. The minimum Gasteiger partial charge on any atom is -0.362 e. The van der Waals surface area contributed by atoms with Crippen LogP contribution in [0.25, 0.3) is 0 Å². The molecule has 0 aliphatic heterocycles. The minimum atomic E-state index is 0.0502. The maximum atomic E-state index is 5.52. The second-order valence-corrected chi connectivity index (χ2v) is 4.90. The Bertz CT molecular complexity index is 555. The molecule has 1 atom stereocenters. The van der Waals surface area contributed by atoms with Crippen LogP contribution in [-0.4, -0.2) is 15.0 Å². The van der Waals surface area contributed by atoms with E-state index in [0.29, 0.717) is 5.82 Å². The van der Waals surface area contributed by atoms with E-state index < -0.39 is 0 Å². The Morgan fingerprint density at radius 3 is 2.40 bits per heavy atom. The zero-order valence-electron chi connectivity index (χ0n) is 12.0. The molecule has 0 aromatic carbocycles. The third kappa shape index (κ3) is 3.03. The van der Waals surface area contributed by atoms with Crippen molar-refractivity contribution >= 4 is 11.6 Å². The molecule has 0 aliphatic rings. The fourth-order valence-electron chi connectivity index (χ4n) is 2.08. The summed E-state index contributed by atoms with van der Waals surface area (Å²) in [7, 11) is 0. The molecular formula is C14H20N6. The second-order valence-electron chi connectivity index (χ2n) is 4.90. The van der Waals surface area contributed by atoms with E-state index in [1.54, 1.807) is 6.20 Å². The third-order valence-corrected chi connectivity index (χ3v) is 3.08. The van der Waals surface area contributed by atoms with Crippen molar-refractivity contribution in [2.75, 3.05) is 10.7 Å². The van der Waals surface area contributed by atoms with Gasteiger partial charge in [0.2, 0.25) is 0 Å². The Hall–Kier alpha value is -2.21. The quantitative estimate of drug-likeness (QED) is 0.572. The highest BCUT2D eigenvalue weighted by Crippen LogP contribution is 2.29. The molecule has 2 aromatic rings. The largest absolute Gasteiger partial charge is 0.362 e. The van der Waals surface area contributed by atoms with Crippen LogP contribution in [-0.2, 0) is 0 Å². The molecule has 6 heteroatoms. The van der Waals surface area contributed by atoms with Crippen LogP contribution in [0.3, 0.4) is 0 Å². The number of aromatic nitrogens is 3. The summed E-state index contributed by atoms with van der Waals surface area (Å²) in [6, 6.07) is 5.90. The van der Waals surface area contributed by atoms with Crippen LogP contribution in [0.1, 0.15) is 44.0 Å². The molecule has 20 heavy (non-hydrogen) atoms. The van der Waals surface area contributed by atoms with Gasteiger partial charge in [-0.3, -0.25) is 4.98 Å². The number of nitrogens with zero attached hydrogens (tertiary/aromatic N) is 3. The van der Waals surface area contributed by atoms with Crippen LogP contribution in [0.15, 0.2) is 30.7 Å². The zero-order valence-corrected chi connectivity index (χ0v) is 12.0. The van der Waals surface area contributed by atoms with Gasteiger partial charge in [0, 0.05) is 11.8 Å². The zero-order chi connectivity index (χ0) is 14.5. The first-order valence-corrected chi connectivity index (χ1v) is 6.62. The lowest BCUT2D eigenvalue weighted by atomic mass is 10.0. The molecule has 106 valence electrons. The molecule has 2 heterocycles. The fraction of sp³-hybridized carbons (Fsp3) is 0.357. The molecule has 1 unspecified atom stereocenters. The smallest absolute Gasteiger partial charge is 0.148 e. The molecule has 0 spiro atoms. The van der Waals surface area contributed by atoms with E-state index in [1.807, 2.05) is 25.1 Å². The minimum absolute atomic E-state index is 0.0502. The van der Waals surface area contributed by atoms with Gasteiger partial charge in [0.25, 0.3) is 0 Å². The molecule has 6 nitrogen and oxygen atoms in total. The SMILES string of the molecule is CC(C)c1c(NN)ncnc1NC(C)c1ccccn1. The van der Waals surface area contributed by atoms with Crippen LogP contribution >= 0.6 is 0 Å². The molecule has 2 aromatic heterocycles. The monoisotopic (exact) mass is 272 g/mol. The van der Waals surface area contributed by atoms with E-state index >= 15 is 0 Å². The first-order valence-electron chi connectivity index (χ1n) is 6.62. The van der Waals surface area contributed by atoms with Crippen molar-refractivity contribution in [1.82, 2.24) is 15.0 Å². The summed E-state index contributed by atoms with van der Waals surface area (Å²) in [5.74, 6) is 7.19. The molecule has 0 amide bonds. The summed E-state index contributed by atoms with van der Waals surface area (Å²) in [4.78, 5) is 12.8. The van der Waals surface area contributed by atoms with Crippen LogP contribution in [0, 0.1) is 0 Å². The van der Waals surface area contributed by atoms with Gasteiger partial charge in [-0.25, -0.2) is 15.8 Å². The number of hydrazine groups is 1. The van der Waals surface area contributed by atoms with Gasteiger partial charge < -0.3 is 10.7 Å². The fourth-order valence-corrected chi connectivity index (χ4v) is 2.08. The summed E-state index contributed by atoms with van der Waals surface area (Å²) in [6.07, 6.45) is 3.28. The molecule has 2 rings (SSSR count). The Kier molecular flexibility index (Phi) is 4.47. The third-order valence-electron chi connectivity index (χ3n) is 3.08. The van der Waals surface area contributed by atoms with Crippen molar-refractivity contribution in [3.63, 3.8) is 0 Å². The van der Waals surface area contributed by atoms with Gasteiger partial charge in [0.15, 0.2) is 0 Å². The highest BCUT2D eigenvalue weighted by atomic mass is 15.3. The Balaban J connectivity index is 2.29. The normalized spacial score (nSPS) is 12.2. The topological polar surface area (TPSA) is 88.8 Å². The van der Waals surface area contributed by atoms with Crippen LogP contribution in [0.5, 0.6) is 0 Å². The van der Waals surface area contributed by atoms with E-state index in [4.69, 9.17) is 5.84 Å². The van der Waals surface area contributed by atoms with E-state index in [2.05, 4.69) is 39.5 Å². The molecule has 0 bridgehead atoms. The van der Waals surface area contributed by atoms with Crippen molar-refractivity contribution < 1.29 is 0 Å². The Morgan fingerprint density at radius 1 is 1.05 bits per heavy atom. The summed E-state index contributed by atoms with van der Waals surface area (Å²) >= 11 is 0. The summed E-state index contributed by atoms with van der Waals surface area (Å²) < 4.78 is 0. The number of hydrogen-bond acceptors (Lipinski definition) is 6. The number of nitrogens with two attached hydrogens (primary N) is 1. The number of hydrogen-bond donors (Lipinski definition) is 3. The number of rotatable bonds is 5. The van der Waals surface area contributed by atoms with Crippen molar-refractivity contribution in [2.45, 2.75) is 32.7 Å². The predicted molar refractivity (Wildman–Crippen MR) is 80.2 cm³/mol. The lowest BCUT2D eigenvalue weighted by molar-refractivity contribution is 0.801. The second kappa shape index (κ2) is 6.29. The lowest BCUT2D eigenvalue weighted by Gasteiger charge is -2.19. The summed E-state index contributed by atoms with van der Waals surface area (Å²) in [6.45, 7) is 6.20. The number of anilines is 2. The standard InChI is InChI=1S/C14H20N6/c1-9(2)12-13(17-8-18-14(12)20-15)19-10(3)11-6-4-5-7-16-11/h4-10H,15H2,1-3H3,(H2,17,18,19,20). The van der Waals surface area contributed by atoms with Gasteiger partial charge in [0.1, 0.15) is 18.0 Å². The number of pyridine rings is 1. The van der Waals surface area contributed by atoms with Gasteiger partial charge >= 0.3 is 0 Å². The molecular weight excluding hydrogens is 252 g/mol. The number of nitrogens with one attached hydrogen (secondary N) is 2. The van der Waals surface area contributed by atoms with E-state index in [0.717, 1.165) is 17.1 Å². The van der Waals surface area contributed by atoms with Crippen LogP contribution in [0.4, 0.5) is 11.6 Å². The predicted octanol–water partition coefficient (Wildman–Crippen LogP) is 2.45. The van der Waals surface area contributed by atoms with Gasteiger partial charge in [-0.15, -0.1) is 0 Å². The van der Waals surface area contributed by atoms with E-state index in [1.165, 1.54) is 6.33 Å². The summed E-state index contributed by atoms with van der Waals surface area (Å²) in [5, 5.41) is 3.37. The molecule has 0 aliphatic carbocycles. The van der Waals surface area contributed by atoms with Gasteiger partial charge in [-0.1, -0.05) is 19.9 Å². The van der Waals surface area contributed by atoms with Gasteiger partial charge in [-0.05, 0) is 25.0 Å².